The number of carbonyl (C=O) groups is 1. The van der Waals surface area contributed by atoms with Crippen molar-refractivity contribution >= 4 is 11.6 Å². The molecular weight excluding hydrogens is 228 g/mol. The Hall–Kier alpha value is -1.39. The first-order chi connectivity index (χ1) is 8.61. The fourth-order valence-corrected chi connectivity index (χ4v) is 1.88. The number of benzene rings is 1. The first-order valence-corrected chi connectivity index (χ1v) is 6.35. The highest BCUT2D eigenvalue weighted by Crippen LogP contribution is 2.15. The van der Waals surface area contributed by atoms with Crippen molar-refractivity contribution in [3.8, 4) is 0 Å². The Labute approximate surface area is 108 Å². The van der Waals surface area contributed by atoms with Gasteiger partial charge in [-0.2, -0.15) is 0 Å². The third-order valence-corrected chi connectivity index (χ3v) is 3.17. The molecule has 0 aliphatic carbocycles. The number of amides is 1. The van der Waals surface area contributed by atoms with Gasteiger partial charge in [0, 0.05) is 18.8 Å². The Morgan fingerprint density at radius 1 is 1.50 bits per heavy atom. The number of ether oxygens (including phenoxy) is 1. The summed E-state index contributed by atoms with van der Waals surface area (Å²) in [6, 6.07) is 7.88. The average Bonchev–Trinajstić information content (AvgIpc) is 2.34. The largest absolute Gasteiger partial charge is 0.363 e. The Morgan fingerprint density at radius 2 is 2.28 bits per heavy atom. The number of hydrogen-bond acceptors (Lipinski definition) is 3. The number of rotatable bonds is 5. The highest BCUT2D eigenvalue weighted by atomic mass is 16.5. The summed E-state index contributed by atoms with van der Waals surface area (Å²) in [5.41, 5.74) is 1.87. The van der Waals surface area contributed by atoms with Gasteiger partial charge >= 0.3 is 0 Å². The van der Waals surface area contributed by atoms with E-state index in [1.165, 1.54) is 5.56 Å². The van der Waals surface area contributed by atoms with Gasteiger partial charge in [0.1, 0.15) is 6.61 Å². The second-order valence-corrected chi connectivity index (χ2v) is 4.94. The quantitative estimate of drug-likeness (QED) is 0.831. The van der Waals surface area contributed by atoms with Gasteiger partial charge in [0.25, 0.3) is 0 Å². The van der Waals surface area contributed by atoms with E-state index in [-0.39, 0.29) is 18.1 Å². The van der Waals surface area contributed by atoms with E-state index >= 15 is 0 Å². The summed E-state index contributed by atoms with van der Waals surface area (Å²) in [5.74, 6) is -0.101. The third kappa shape index (κ3) is 3.31. The van der Waals surface area contributed by atoms with Crippen LogP contribution in [0.1, 0.15) is 19.4 Å². The summed E-state index contributed by atoms with van der Waals surface area (Å²) in [6.07, 6.45) is 0.962. The monoisotopic (exact) mass is 248 g/mol. The van der Waals surface area contributed by atoms with E-state index in [1.54, 1.807) is 0 Å². The summed E-state index contributed by atoms with van der Waals surface area (Å²) in [4.78, 5) is 11.7. The van der Waals surface area contributed by atoms with E-state index in [1.807, 2.05) is 31.2 Å². The molecule has 1 aliphatic rings. The van der Waals surface area contributed by atoms with Gasteiger partial charge in [0.2, 0.25) is 5.91 Å². The van der Waals surface area contributed by atoms with Crippen LogP contribution in [0.5, 0.6) is 0 Å². The second-order valence-electron chi connectivity index (χ2n) is 4.94. The maximum Gasteiger partial charge on any atom is 0.250 e. The van der Waals surface area contributed by atoms with Crippen LogP contribution in [0.25, 0.3) is 0 Å². The zero-order chi connectivity index (χ0) is 13.0. The lowest BCUT2D eigenvalue weighted by molar-refractivity contribution is -0.130. The lowest BCUT2D eigenvalue weighted by Gasteiger charge is -2.38. The highest BCUT2D eigenvalue weighted by molar-refractivity contribution is 5.91. The zero-order valence-corrected chi connectivity index (χ0v) is 11.0. The standard InChI is InChI=1S/C14H20N2O2/c1-3-11-5-4-6-12(7-11)16-13(17)8-18-14(2)9-15-10-14/h4-7,15H,3,8-10H2,1-2H3,(H,16,17). The summed E-state index contributed by atoms with van der Waals surface area (Å²) < 4.78 is 5.58. The molecule has 1 aromatic carbocycles. The molecule has 1 aliphatic heterocycles. The summed E-state index contributed by atoms with van der Waals surface area (Å²) in [5, 5.41) is 5.99. The van der Waals surface area contributed by atoms with Crippen molar-refractivity contribution in [3.63, 3.8) is 0 Å². The van der Waals surface area contributed by atoms with E-state index in [2.05, 4.69) is 17.6 Å². The van der Waals surface area contributed by atoms with E-state index in [4.69, 9.17) is 4.74 Å². The molecule has 18 heavy (non-hydrogen) atoms. The smallest absolute Gasteiger partial charge is 0.250 e. The SMILES string of the molecule is CCc1cccc(NC(=O)COC2(C)CNC2)c1. The first-order valence-electron chi connectivity index (χ1n) is 6.35. The number of hydrogen-bond donors (Lipinski definition) is 2. The fourth-order valence-electron chi connectivity index (χ4n) is 1.88. The van der Waals surface area contributed by atoms with Gasteiger partial charge < -0.3 is 15.4 Å². The molecule has 0 bridgehead atoms. The molecule has 0 atom stereocenters. The Balaban J connectivity index is 1.82. The number of nitrogens with one attached hydrogen (secondary N) is 2. The molecule has 4 nitrogen and oxygen atoms in total. The van der Waals surface area contributed by atoms with Gasteiger partial charge in [-0.05, 0) is 31.0 Å². The predicted molar refractivity (Wildman–Crippen MR) is 71.7 cm³/mol. The van der Waals surface area contributed by atoms with Crippen molar-refractivity contribution in [2.75, 3.05) is 25.0 Å². The Bertz CT molecular complexity index is 428. The van der Waals surface area contributed by atoms with Gasteiger partial charge in [0.05, 0.1) is 5.60 Å². The van der Waals surface area contributed by atoms with Crippen LogP contribution in [0, 0.1) is 0 Å². The molecule has 2 N–H and O–H groups in total. The lowest BCUT2D eigenvalue weighted by atomic mass is 10.0. The van der Waals surface area contributed by atoms with E-state index < -0.39 is 0 Å². The van der Waals surface area contributed by atoms with E-state index in [0.717, 1.165) is 25.2 Å². The molecule has 2 rings (SSSR count). The van der Waals surface area contributed by atoms with Crippen LogP contribution in [0.4, 0.5) is 5.69 Å². The predicted octanol–water partition coefficient (Wildman–Crippen LogP) is 1.57. The van der Waals surface area contributed by atoms with Crippen LogP contribution in [0.15, 0.2) is 24.3 Å². The minimum absolute atomic E-state index is 0.101. The molecule has 0 spiro atoms. The summed E-state index contributed by atoms with van der Waals surface area (Å²) in [6.45, 7) is 5.83. The molecule has 98 valence electrons. The highest BCUT2D eigenvalue weighted by Gasteiger charge is 2.32. The van der Waals surface area contributed by atoms with Gasteiger partial charge in [0.15, 0.2) is 0 Å². The molecule has 1 saturated heterocycles. The molecule has 1 amide bonds. The third-order valence-electron chi connectivity index (χ3n) is 3.17. The van der Waals surface area contributed by atoms with Gasteiger partial charge in [-0.15, -0.1) is 0 Å². The maximum atomic E-state index is 11.7. The van der Waals surface area contributed by atoms with Crippen molar-refractivity contribution in [2.45, 2.75) is 25.9 Å². The molecule has 1 heterocycles. The fraction of sp³-hybridized carbons (Fsp3) is 0.500. The Morgan fingerprint density at radius 3 is 2.89 bits per heavy atom. The van der Waals surface area contributed by atoms with Gasteiger partial charge in [-0.3, -0.25) is 4.79 Å². The molecule has 1 aromatic rings. The average molecular weight is 248 g/mol. The zero-order valence-electron chi connectivity index (χ0n) is 11.0. The maximum absolute atomic E-state index is 11.7. The minimum Gasteiger partial charge on any atom is -0.363 e. The number of carbonyl (C=O) groups excluding carboxylic acids is 1. The molecule has 1 fully saturated rings. The normalized spacial score (nSPS) is 17.0. The van der Waals surface area contributed by atoms with Crippen molar-refractivity contribution in [1.29, 1.82) is 0 Å². The van der Waals surface area contributed by atoms with Crippen LogP contribution in [0.2, 0.25) is 0 Å². The topological polar surface area (TPSA) is 50.4 Å². The van der Waals surface area contributed by atoms with Crippen molar-refractivity contribution in [2.24, 2.45) is 0 Å². The molecule has 0 aromatic heterocycles. The molecule has 0 radical (unpaired) electrons. The van der Waals surface area contributed by atoms with Crippen molar-refractivity contribution in [1.82, 2.24) is 5.32 Å². The molecule has 0 unspecified atom stereocenters. The summed E-state index contributed by atoms with van der Waals surface area (Å²) in [7, 11) is 0. The van der Waals surface area contributed by atoms with Crippen LogP contribution < -0.4 is 10.6 Å². The van der Waals surface area contributed by atoms with Gasteiger partial charge in [-0.1, -0.05) is 19.1 Å². The Kier molecular flexibility index (Phi) is 3.99. The van der Waals surface area contributed by atoms with Crippen molar-refractivity contribution in [3.05, 3.63) is 29.8 Å². The van der Waals surface area contributed by atoms with Crippen LogP contribution in [-0.4, -0.2) is 31.2 Å². The van der Waals surface area contributed by atoms with Crippen LogP contribution >= 0.6 is 0 Å². The number of anilines is 1. The minimum atomic E-state index is -0.178. The first kappa shape index (κ1) is 13.1. The molecule has 4 heteroatoms. The lowest BCUT2D eigenvalue weighted by Crippen LogP contribution is -2.59. The second kappa shape index (κ2) is 5.50. The van der Waals surface area contributed by atoms with E-state index in [9.17, 15) is 4.79 Å². The van der Waals surface area contributed by atoms with E-state index in [0.29, 0.717) is 0 Å². The molecule has 0 saturated carbocycles. The van der Waals surface area contributed by atoms with Gasteiger partial charge in [-0.25, -0.2) is 0 Å². The van der Waals surface area contributed by atoms with Crippen LogP contribution in [-0.2, 0) is 16.0 Å². The van der Waals surface area contributed by atoms with Crippen molar-refractivity contribution < 1.29 is 9.53 Å². The number of aryl methyl sites for hydroxylation is 1. The molecular formula is C14H20N2O2. The van der Waals surface area contributed by atoms with Crippen LogP contribution in [0.3, 0.4) is 0 Å². The summed E-state index contributed by atoms with van der Waals surface area (Å²) >= 11 is 0.